The standard InChI is InChI=1S/C41H56N4O5/c1-40(2,3)28-19-22-32(49-9)27(24-28)25-43-34-33(41(4,5)6)36(39(47)48)45(35(34)31-16-13-23-42-37(31)44(7)8)38(46)26-17-20-30(21-18-26)50-29-14-11-10-12-15-29/h13,16-24,29,33-36,43H,10-12,14-15,25H2,1-9H3,(H,47,48)/t33-,34-,35-,36-/m0/s1. The van der Waals surface area contributed by atoms with Crippen LogP contribution in [0.2, 0.25) is 0 Å². The molecule has 2 fully saturated rings. The second-order valence-electron chi connectivity index (χ2n) is 16.2. The van der Waals surface area contributed by atoms with Crippen molar-refractivity contribution in [2.24, 2.45) is 11.3 Å². The smallest absolute Gasteiger partial charge is 0.326 e. The number of nitrogens with one attached hydrogen (secondary N) is 1. The van der Waals surface area contributed by atoms with Crippen LogP contribution in [0.25, 0.3) is 0 Å². The fourth-order valence-electron chi connectivity index (χ4n) is 7.86. The van der Waals surface area contributed by atoms with Gasteiger partial charge in [-0.15, -0.1) is 0 Å². The number of amides is 1. The topological polar surface area (TPSA) is 104 Å². The molecule has 0 spiro atoms. The number of pyridine rings is 1. The minimum Gasteiger partial charge on any atom is -0.496 e. The molecule has 0 bridgehead atoms. The Balaban J connectivity index is 1.61. The molecule has 2 aliphatic rings. The highest BCUT2D eigenvalue weighted by Gasteiger charge is 2.58. The van der Waals surface area contributed by atoms with Crippen LogP contribution in [0.15, 0.2) is 60.8 Å². The Bertz CT molecular complexity index is 1640. The van der Waals surface area contributed by atoms with Crippen molar-refractivity contribution in [3.63, 3.8) is 0 Å². The minimum absolute atomic E-state index is 0.0736. The number of carbonyl (C=O) groups excluding carboxylic acids is 1. The summed E-state index contributed by atoms with van der Waals surface area (Å²) in [6.45, 7) is 13.1. The molecule has 2 aromatic carbocycles. The van der Waals surface area contributed by atoms with Gasteiger partial charge in [-0.25, -0.2) is 9.78 Å². The highest BCUT2D eigenvalue weighted by Crippen LogP contribution is 2.50. The largest absolute Gasteiger partial charge is 0.496 e. The molecule has 2 N–H and O–H groups in total. The fourth-order valence-corrected chi connectivity index (χ4v) is 7.86. The van der Waals surface area contributed by atoms with Crippen molar-refractivity contribution in [3.8, 4) is 11.5 Å². The number of benzene rings is 2. The molecule has 1 amide bonds. The van der Waals surface area contributed by atoms with Gasteiger partial charge in [-0.1, -0.05) is 66.2 Å². The van der Waals surface area contributed by atoms with Crippen LogP contribution in [0.5, 0.6) is 11.5 Å². The number of hydrogen-bond acceptors (Lipinski definition) is 7. The van der Waals surface area contributed by atoms with Gasteiger partial charge < -0.3 is 29.7 Å². The molecule has 3 aromatic rings. The summed E-state index contributed by atoms with van der Waals surface area (Å²) in [4.78, 5) is 36.5. The second-order valence-corrected chi connectivity index (χ2v) is 16.2. The first kappa shape index (κ1) is 37.2. The van der Waals surface area contributed by atoms with Crippen LogP contribution in [-0.4, -0.2) is 66.3 Å². The molecule has 270 valence electrons. The fraction of sp³-hybridized carbons (Fsp3) is 0.537. The number of rotatable bonds is 10. The van der Waals surface area contributed by atoms with Gasteiger partial charge in [0, 0.05) is 55.5 Å². The van der Waals surface area contributed by atoms with E-state index in [-0.39, 0.29) is 17.4 Å². The van der Waals surface area contributed by atoms with Crippen molar-refractivity contribution >= 4 is 17.7 Å². The van der Waals surface area contributed by atoms with E-state index in [1.54, 1.807) is 30.3 Å². The summed E-state index contributed by atoms with van der Waals surface area (Å²) in [5.41, 5.74) is 2.77. The maximum atomic E-state index is 14.8. The van der Waals surface area contributed by atoms with Gasteiger partial charge >= 0.3 is 5.97 Å². The minimum atomic E-state index is -1.11. The molecule has 0 unspecified atom stereocenters. The van der Waals surface area contributed by atoms with Crippen molar-refractivity contribution in [2.75, 3.05) is 26.1 Å². The molecule has 1 saturated carbocycles. The van der Waals surface area contributed by atoms with Crippen LogP contribution < -0.4 is 19.7 Å². The first-order chi connectivity index (χ1) is 23.6. The predicted molar refractivity (Wildman–Crippen MR) is 198 cm³/mol. The van der Waals surface area contributed by atoms with E-state index in [0.29, 0.717) is 17.9 Å². The maximum absolute atomic E-state index is 14.8. The summed E-state index contributed by atoms with van der Waals surface area (Å²) >= 11 is 0. The molecule has 9 nitrogen and oxygen atoms in total. The van der Waals surface area contributed by atoms with Crippen molar-refractivity contribution in [3.05, 3.63) is 83.0 Å². The Morgan fingerprint density at radius 2 is 1.66 bits per heavy atom. The van der Waals surface area contributed by atoms with E-state index in [4.69, 9.17) is 14.5 Å². The Labute approximate surface area is 298 Å². The highest BCUT2D eigenvalue weighted by molar-refractivity contribution is 5.98. The summed E-state index contributed by atoms with van der Waals surface area (Å²) in [7, 11) is 5.50. The van der Waals surface area contributed by atoms with Crippen LogP contribution in [0.3, 0.4) is 0 Å². The Morgan fingerprint density at radius 1 is 0.980 bits per heavy atom. The van der Waals surface area contributed by atoms with E-state index < -0.39 is 35.4 Å². The van der Waals surface area contributed by atoms with Crippen LogP contribution in [0.1, 0.15) is 107 Å². The van der Waals surface area contributed by atoms with Crippen molar-refractivity contribution in [2.45, 2.75) is 110 Å². The summed E-state index contributed by atoms with van der Waals surface area (Å²) in [6, 6.07) is 15.1. The number of carbonyl (C=O) groups is 2. The van der Waals surface area contributed by atoms with E-state index in [1.165, 1.54) is 12.0 Å². The van der Waals surface area contributed by atoms with Crippen LogP contribution >= 0.6 is 0 Å². The van der Waals surface area contributed by atoms with Gasteiger partial charge in [-0.3, -0.25) is 4.79 Å². The van der Waals surface area contributed by atoms with Crippen molar-refractivity contribution in [1.29, 1.82) is 0 Å². The maximum Gasteiger partial charge on any atom is 0.326 e. The van der Waals surface area contributed by atoms with Gasteiger partial charge in [0.1, 0.15) is 23.4 Å². The number of nitrogens with zero attached hydrogens (tertiary/aromatic N) is 3. The number of carboxylic acids is 1. The summed E-state index contributed by atoms with van der Waals surface area (Å²) in [5.74, 6) is 0.320. The zero-order chi connectivity index (χ0) is 36.4. The molecular formula is C41H56N4O5. The Morgan fingerprint density at radius 3 is 2.24 bits per heavy atom. The number of methoxy groups -OCH3 is 1. The van der Waals surface area contributed by atoms with Crippen LogP contribution in [0, 0.1) is 11.3 Å². The van der Waals surface area contributed by atoms with Gasteiger partial charge in [0.05, 0.1) is 19.3 Å². The van der Waals surface area contributed by atoms with Gasteiger partial charge in [0.15, 0.2) is 0 Å². The Hall–Kier alpha value is -4.11. The molecule has 1 aliphatic heterocycles. The highest BCUT2D eigenvalue weighted by atomic mass is 16.5. The molecule has 5 rings (SSSR count). The molecule has 0 radical (unpaired) electrons. The third kappa shape index (κ3) is 7.93. The molecule has 1 aromatic heterocycles. The average Bonchev–Trinajstić information content (AvgIpc) is 3.43. The van der Waals surface area contributed by atoms with Gasteiger partial charge in [-0.2, -0.15) is 0 Å². The second kappa shape index (κ2) is 15.0. The van der Waals surface area contributed by atoms with E-state index in [1.807, 2.05) is 49.3 Å². The summed E-state index contributed by atoms with van der Waals surface area (Å²) < 4.78 is 12.0. The summed E-state index contributed by atoms with van der Waals surface area (Å²) in [5, 5.41) is 14.8. The third-order valence-electron chi connectivity index (χ3n) is 10.3. The van der Waals surface area contributed by atoms with Crippen LogP contribution in [0.4, 0.5) is 5.82 Å². The summed E-state index contributed by atoms with van der Waals surface area (Å²) in [6.07, 6.45) is 7.54. The zero-order valence-corrected chi connectivity index (χ0v) is 31.3. The molecule has 4 atom stereocenters. The van der Waals surface area contributed by atoms with Gasteiger partial charge in [0.2, 0.25) is 0 Å². The third-order valence-corrected chi connectivity index (χ3v) is 10.3. The molecule has 1 aliphatic carbocycles. The number of anilines is 1. The van der Waals surface area contributed by atoms with Gasteiger partial charge in [0.25, 0.3) is 5.91 Å². The van der Waals surface area contributed by atoms with E-state index >= 15 is 0 Å². The number of ether oxygens (including phenoxy) is 2. The lowest BCUT2D eigenvalue weighted by atomic mass is 9.72. The number of aromatic nitrogens is 1. The predicted octanol–water partition coefficient (Wildman–Crippen LogP) is 7.64. The number of aliphatic carboxylic acids is 1. The normalized spacial score (nSPS) is 21.6. The first-order valence-electron chi connectivity index (χ1n) is 18.0. The number of hydrogen-bond donors (Lipinski definition) is 2. The number of carboxylic acid groups (broad SMARTS) is 1. The zero-order valence-electron chi connectivity index (χ0n) is 31.3. The van der Waals surface area contributed by atoms with Crippen molar-refractivity contribution in [1.82, 2.24) is 15.2 Å². The van der Waals surface area contributed by atoms with Crippen molar-refractivity contribution < 1.29 is 24.2 Å². The average molecular weight is 685 g/mol. The van der Waals surface area contributed by atoms with Crippen LogP contribution in [-0.2, 0) is 16.8 Å². The molecule has 1 saturated heterocycles. The molecular weight excluding hydrogens is 628 g/mol. The van der Waals surface area contributed by atoms with E-state index in [9.17, 15) is 14.7 Å². The quantitative estimate of drug-likeness (QED) is 0.225. The number of likely N-dealkylation sites (tertiary alicyclic amines) is 1. The first-order valence-corrected chi connectivity index (χ1v) is 18.0. The van der Waals surface area contributed by atoms with E-state index in [0.717, 1.165) is 48.3 Å². The molecule has 9 heteroatoms. The lowest BCUT2D eigenvalue weighted by Gasteiger charge is -2.35. The Kier molecular flexibility index (Phi) is 11.2. The monoisotopic (exact) mass is 684 g/mol. The SMILES string of the molecule is COc1ccc(C(C)(C)C)cc1CN[C@H]1[C@H](C(C)(C)C)[C@@H](C(=O)O)N(C(=O)c2ccc(OC3CCCCC3)cc2)[C@H]1c1cccnc1N(C)C. The lowest BCUT2D eigenvalue weighted by molar-refractivity contribution is -0.144. The van der Waals surface area contributed by atoms with E-state index in [2.05, 4.69) is 59.0 Å². The van der Waals surface area contributed by atoms with Gasteiger partial charge in [-0.05, 0) is 78.5 Å². The molecule has 2 heterocycles. The lowest BCUT2D eigenvalue weighted by Crippen LogP contribution is -2.48. The molecule has 50 heavy (non-hydrogen) atoms.